The first-order chi connectivity index (χ1) is 15.7. The Morgan fingerprint density at radius 2 is 1.88 bits per heavy atom. The first-order valence-electron chi connectivity index (χ1n) is 10.0. The minimum Gasteiger partial charge on any atom is -0.423 e. The van der Waals surface area contributed by atoms with Crippen LogP contribution in [-0.4, -0.2) is 14.8 Å². The van der Waals surface area contributed by atoms with Gasteiger partial charge in [-0.25, -0.2) is 9.18 Å². The van der Waals surface area contributed by atoms with E-state index in [1.165, 1.54) is 23.9 Å². The van der Waals surface area contributed by atoms with Gasteiger partial charge in [0.25, 0.3) is 0 Å². The van der Waals surface area contributed by atoms with Gasteiger partial charge in [-0.3, -0.25) is 4.57 Å². The van der Waals surface area contributed by atoms with Crippen LogP contribution in [-0.2, 0) is 12.3 Å². The monoisotopic (exact) mass is 443 g/mol. The molecule has 0 aliphatic heterocycles. The summed E-state index contributed by atoms with van der Waals surface area (Å²) in [6.07, 6.45) is 1.72. The van der Waals surface area contributed by atoms with Gasteiger partial charge in [-0.2, -0.15) is 0 Å². The molecule has 0 bridgehead atoms. The molecule has 2 aromatic heterocycles. The average Bonchev–Trinajstić information content (AvgIpc) is 3.20. The minimum atomic E-state index is -0.400. The van der Waals surface area contributed by atoms with Crippen LogP contribution in [0.15, 0.2) is 93.8 Å². The molecule has 0 atom stereocenters. The van der Waals surface area contributed by atoms with E-state index in [4.69, 9.17) is 4.42 Å². The van der Waals surface area contributed by atoms with Crippen molar-refractivity contribution in [2.45, 2.75) is 17.5 Å². The fourth-order valence-electron chi connectivity index (χ4n) is 3.81. The predicted molar refractivity (Wildman–Crippen MR) is 125 cm³/mol. The van der Waals surface area contributed by atoms with Gasteiger partial charge in [0, 0.05) is 23.8 Å². The van der Waals surface area contributed by atoms with Crippen molar-refractivity contribution < 1.29 is 8.81 Å². The Hall–Kier alpha value is -3.71. The molecular formula is C25H18FN3O2S. The van der Waals surface area contributed by atoms with E-state index in [1.54, 1.807) is 24.3 Å². The fourth-order valence-corrected chi connectivity index (χ4v) is 4.73. The van der Waals surface area contributed by atoms with Crippen LogP contribution in [0.3, 0.4) is 0 Å². The number of hydrogen-bond acceptors (Lipinski definition) is 5. The molecule has 5 aromatic rings. The lowest BCUT2D eigenvalue weighted by atomic mass is 10.0. The van der Waals surface area contributed by atoms with Crippen LogP contribution in [0.1, 0.15) is 5.56 Å². The number of thioether (sulfide) groups is 1. The smallest absolute Gasteiger partial charge is 0.336 e. The molecule has 0 N–H and O–H groups in total. The molecule has 5 nitrogen and oxygen atoms in total. The van der Waals surface area contributed by atoms with Crippen LogP contribution in [0.4, 0.5) is 4.39 Å². The van der Waals surface area contributed by atoms with Crippen molar-refractivity contribution in [1.82, 2.24) is 14.8 Å². The summed E-state index contributed by atoms with van der Waals surface area (Å²) in [5.74, 6) is 0.552. The lowest BCUT2D eigenvalue weighted by Crippen LogP contribution is -2.03. The summed E-state index contributed by atoms with van der Waals surface area (Å²) < 4.78 is 21.6. The lowest BCUT2D eigenvalue weighted by Gasteiger charge is -2.10. The topological polar surface area (TPSA) is 60.9 Å². The third kappa shape index (κ3) is 3.61. The van der Waals surface area contributed by atoms with E-state index >= 15 is 0 Å². The number of halogens is 1. The van der Waals surface area contributed by atoms with Gasteiger partial charge in [-0.1, -0.05) is 60.3 Å². The largest absolute Gasteiger partial charge is 0.423 e. The standard InChI is InChI=1S/C25H18FN3O2S/c1-2-13-29-24(19-9-5-6-10-20(19)26)27-28-25(29)32-15-17-14-22(30)31-21-12-11-16-7-3-4-8-18(16)23(17)21/h2-12,14H,1,13,15H2. The maximum Gasteiger partial charge on any atom is 0.336 e. The molecule has 0 saturated carbocycles. The fraction of sp³-hybridized carbons (Fsp3) is 0.0800. The Bertz CT molecular complexity index is 1520. The normalized spacial score (nSPS) is 11.3. The van der Waals surface area contributed by atoms with Gasteiger partial charge in [-0.05, 0) is 34.5 Å². The minimum absolute atomic E-state index is 0.361. The zero-order valence-corrected chi connectivity index (χ0v) is 17.8. The summed E-state index contributed by atoms with van der Waals surface area (Å²) in [6.45, 7) is 4.24. The van der Waals surface area contributed by atoms with Crippen LogP contribution in [0.5, 0.6) is 0 Å². The van der Waals surface area contributed by atoms with Crippen molar-refractivity contribution in [2.24, 2.45) is 0 Å². The molecular weight excluding hydrogens is 425 g/mol. The average molecular weight is 444 g/mol. The highest BCUT2D eigenvalue weighted by Crippen LogP contribution is 2.32. The molecule has 0 spiro atoms. The highest BCUT2D eigenvalue weighted by Gasteiger charge is 2.17. The van der Waals surface area contributed by atoms with E-state index in [-0.39, 0.29) is 5.82 Å². The van der Waals surface area contributed by atoms with E-state index in [2.05, 4.69) is 16.8 Å². The molecule has 0 radical (unpaired) electrons. The summed E-state index contributed by atoms with van der Waals surface area (Å²) in [7, 11) is 0. The molecule has 0 saturated heterocycles. The van der Waals surface area contributed by atoms with E-state index in [0.717, 1.165) is 21.7 Å². The number of rotatable bonds is 6. The molecule has 2 heterocycles. The third-order valence-electron chi connectivity index (χ3n) is 5.21. The highest BCUT2D eigenvalue weighted by molar-refractivity contribution is 7.98. The number of fused-ring (bicyclic) bond motifs is 3. The quantitative estimate of drug-likeness (QED) is 0.143. The van der Waals surface area contributed by atoms with Gasteiger partial charge < -0.3 is 4.42 Å². The molecule has 7 heteroatoms. The maximum atomic E-state index is 14.4. The first kappa shape index (κ1) is 20.2. The highest BCUT2D eigenvalue weighted by atomic mass is 32.2. The molecule has 0 unspecified atom stereocenters. The van der Waals surface area contributed by atoms with Crippen molar-refractivity contribution in [3.8, 4) is 11.4 Å². The first-order valence-corrected chi connectivity index (χ1v) is 11.0. The Kier molecular flexibility index (Phi) is 5.33. The zero-order chi connectivity index (χ0) is 22.1. The molecule has 0 aliphatic carbocycles. The maximum absolute atomic E-state index is 14.4. The van der Waals surface area contributed by atoms with E-state index < -0.39 is 5.63 Å². The Labute approximate surface area is 187 Å². The van der Waals surface area contributed by atoms with Gasteiger partial charge in [0.05, 0.1) is 5.56 Å². The predicted octanol–water partition coefficient (Wildman–Crippen LogP) is 5.82. The number of nitrogens with zero attached hydrogens (tertiary/aromatic N) is 3. The molecule has 0 aliphatic rings. The zero-order valence-electron chi connectivity index (χ0n) is 17.0. The second-order valence-corrected chi connectivity index (χ2v) is 8.17. The van der Waals surface area contributed by atoms with Gasteiger partial charge >= 0.3 is 5.63 Å². The van der Waals surface area contributed by atoms with Gasteiger partial charge in [0.2, 0.25) is 0 Å². The molecule has 32 heavy (non-hydrogen) atoms. The van der Waals surface area contributed by atoms with Crippen molar-refractivity contribution in [3.05, 3.63) is 101 Å². The Balaban J connectivity index is 1.57. The number of hydrogen-bond donors (Lipinski definition) is 0. The molecule has 158 valence electrons. The second-order valence-electron chi connectivity index (χ2n) is 7.22. The summed E-state index contributed by atoms with van der Waals surface area (Å²) in [4.78, 5) is 12.2. The van der Waals surface area contributed by atoms with Crippen molar-refractivity contribution >= 4 is 33.5 Å². The van der Waals surface area contributed by atoms with Crippen LogP contribution in [0, 0.1) is 5.82 Å². The van der Waals surface area contributed by atoms with E-state index in [0.29, 0.717) is 34.4 Å². The van der Waals surface area contributed by atoms with Gasteiger partial charge in [0.1, 0.15) is 11.4 Å². The summed E-state index contributed by atoms with van der Waals surface area (Å²) in [6, 6.07) is 19.7. The van der Waals surface area contributed by atoms with E-state index in [1.807, 2.05) is 41.0 Å². The number of aromatic nitrogens is 3. The molecule has 0 fully saturated rings. The summed E-state index contributed by atoms with van der Waals surface area (Å²) in [5, 5.41) is 12.1. The van der Waals surface area contributed by atoms with Crippen molar-refractivity contribution in [1.29, 1.82) is 0 Å². The summed E-state index contributed by atoms with van der Waals surface area (Å²) in [5.41, 5.74) is 1.37. The van der Waals surface area contributed by atoms with Crippen LogP contribution < -0.4 is 5.63 Å². The second kappa shape index (κ2) is 8.43. The summed E-state index contributed by atoms with van der Waals surface area (Å²) >= 11 is 1.43. The van der Waals surface area contributed by atoms with Crippen LogP contribution in [0.2, 0.25) is 0 Å². The van der Waals surface area contributed by atoms with Crippen LogP contribution in [0.25, 0.3) is 33.1 Å². The number of benzene rings is 3. The van der Waals surface area contributed by atoms with Crippen LogP contribution >= 0.6 is 11.8 Å². The Morgan fingerprint density at radius 1 is 1.06 bits per heavy atom. The molecule has 5 rings (SSSR count). The SMILES string of the molecule is C=CCn1c(SCc2cc(=O)oc3ccc4ccccc4c23)nnc1-c1ccccc1F. The van der Waals surface area contributed by atoms with Crippen molar-refractivity contribution in [2.75, 3.05) is 0 Å². The van der Waals surface area contributed by atoms with Gasteiger partial charge in [-0.15, -0.1) is 16.8 Å². The van der Waals surface area contributed by atoms with E-state index in [9.17, 15) is 9.18 Å². The van der Waals surface area contributed by atoms with Crippen molar-refractivity contribution in [3.63, 3.8) is 0 Å². The lowest BCUT2D eigenvalue weighted by molar-refractivity contribution is 0.560. The number of allylic oxidation sites excluding steroid dienone is 1. The van der Waals surface area contributed by atoms with Gasteiger partial charge in [0.15, 0.2) is 11.0 Å². The Morgan fingerprint density at radius 3 is 2.72 bits per heavy atom. The third-order valence-corrected chi connectivity index (χ3v) is 6.23. The molecule has 0 amide bonds. The molecule has 3 aromatic carbocycles.